The molecule has 0 bridgehead atoms. The number of para-hydroxylation sites is 1. The van der Waals surface area contributed by atoms with Gasteiger partial charge in [0.1, 0.15) is 11.5 Å². The highest BCUT2D eigenvalue weighted by molar-refractivity contribution is 6.30. The van der Waals surface area contributed by atoms with E-state index in [1.54, 1.807) is 24.3 Å². The minimum atomic E-state index is -1.35. The van der Waals surface area contributed by atoms with E-state index in [1.165, 1.54) is 0 Å². The lowest BCUT2D eigenvalue weighted by Gasteiger charge is -2.39. The number of carbonyl (C=O) groups excluding carboxylic acids is 3. The standard InChI is InChI=1S/C36H29ClN2O3/c1-20-8-11-24(12-9-20)34(41)32-31(33(40)23-13-15-25(37)16-14-23)36(27-6-4-5-7-28(27)38-35(36)42)30-19-22(3)26-18-21(2)10-17-29(26)39(30)32/h4-19,30-32H,1-3H3,(H,38,42)/t30-,31+,32-,36-/m0/s1. The number of Topliss-reactive ketones (excluding diaryl/α,β-unsaturated/α-hetero) is 2. The number of benzene rings is 4. The van der Waals surface area contributed by atoms with Crippen molar-refractivity contribution in [3.63, 3.8) is 0 Å². The first-order valence-corrected chi connectivity index (χ1v) is 14.5. The summed E-state index contributed by atoms with van der Waals surface area (Å²) in [7, 11) is 0. The number of hydrogen-bond acceptors (Lipinski definition) is 4. The van der Waals surface area contributed by atoms with Crippen molar-refractivity contribution >= 4 is 46.0 Å². The Morgan fingerprint density at radius 3 is 2.19 bits per heavy atom. The second-order valence-electron chi connectivity index (χ2n) is 11.6. The van der Waals surface area contributed by atoms with E-state index in [2.05, 4.69) is 17.5 Å². The van der Waals surface area contributed by atoms with Crippen LogP contribution in [0.1, 0.15) is 49.9 Å². The molecule has 0 aromatic heterocycles. The number of carbonyl (C=O) groups is 3. The van der Waals surface area contributed by atoms with E-state index < -0.39 is 23.4 Å². The maximum absolute atomic E-state index is 14.8. The number of amides is 1. The molecule has 1 spiro atoms. The van der Waals surface area contributed by atoms with Gasteiger partial charge < -0.3 is 10.2 Å². The molecule has 5 nitrogen and oxygen atoms in total. The van der Waals surface area contributed by atoms with Crippen molar-refractivity contribution in [1.29, 1.82) is 0 Å². The first-order chi connectivity index (χ1) is 20.2. The molecule has 6 heteroatoms. The summed E-state index contributed by atoms with van der Waals surface area (Å²) in [5.41, 5.74) is 5.94. The molecular weight excluding hydrogens is 544 g/mol. The summed E-state index contributed by atoms with van der Waals surface area (Å²) in [5, 5.41) is 3.59. The Morgan fingerprint density at radius 2 is 1.45 bits per heavy atom. The number of anilines is 2. The van der Waals surface area contributed by atoms with Gasteiger partial charge in [0.05, 0.1) is 12.0 Å². The largest absolute Gasteiger partial charge is 0.352 e. The van der Waals surface area contributed by atoms with Crippen LogP contribution in [0, 0.1) is 19.8 Å². The third-order valence-electron chi connectivity index (χ3n) is 9.15. The molecule has 4 aromatic rings. The van der Waals surface area contributed by atoms with E-state index in [-0.39, 0.29) is 17.5 Å². The number of ketones is 2. The van der Waals surface area contributed by atoms with Crippen LogP contribution in [0.4, 0.5) is 11.4 Å². The number of nitrogens with one attached hydrogen (secondary N) is 1. The Labute approximate surface area is 249 Å². The van der Waals surface area contributed by atoms with Gasteiger partial charge in [0.2, 0.25) is 5.91 Å². The van der Waals surface area contributed by atoms with Crippen molar-refractivity contribution in [3.8, 4) is 0 Å². The van der Waals surface area contributed by atoms with Gasteiger partial charge in [-0.1, -0.05) is 77.3 Å². The highest BCUT2D eigenvalue weighted by atomic mass is 35.5. The van der Waals surface area contributed by atoms with Crippen LogP contribution < -0.4 is 10.2 Å². The van der Waals surface area contributed by atoms with E-state index in [1.807, 2.05) is 86.3 Å². The Bertz CT molecular complexity index is 1830. The summed E-state index contributed by atoms with van der Waals surface area (Å²) in [6.45, 7) is 6.04. The molecule has 1 saturated heterocycles. The zero-order valence-corrected chi connectivity index (χ0v) is 24.3. The summed E-state index contributed by atoms with van der Waals surface area (Å²) in [6, 6.07) is 26.3. The number of hydrogen-bond donors (Lipinski definition) is 1. The molecule has 4 atom stereocenters. The number of allylic oxidation sites excluding steroid dienone is 1. The van der Waals surface area contributed by atoms with Crippen LogP contribution in [0.2, 0.25) is 5.02 Å². The van der Waals surface area contributed by atoms with Gasteiger partial charge in [-0.3, -0.25) is 14.4 Å². The Morgan fingerprint density at radius 1 is 0.810 bits per heavy atom. The lowest BCUT2D eigenvalue weighted by molar-refractivity contribution is -0.121. The van der Waals surface area contributed by atoms with Crippen LogP contribution >= 0.6 is 11.6 Å². The molecule has 7 rings (SSSR count). The van der Waals surface area contributed by atoms with Gasteiger partial charge in [0, 0.05) is 33.1 Å². The molecule has 42 heavy (non-hydrogen) atoms. The lowest BCUT2D eigenvalue weighted by Crippen LogP contribution is -2.51. The zero-order chi connectivity index (χ0) is 29.3. The molecule has 0 radical (unpaired) electrons. The molecule has 1 N–H and O–H groups in total. The van der Waals surface area contributed by atoms with E-state index in [0.29, 0.717) is 21.8 Å². The van der Waals surface area contributed by atoms with Gasteiger partial charge in [-0.2, -0.15) is 0 Å². The smallest absolute Gasteiger partial charge is 0.238 e. The van der Waals surface area contributed by atoms with Crippen molar-refractivity contribution in [1.82, 2.24) is 0 Å². The highest BCUT2D eigenvalue weighted by Crippen LogP contribution is 2.59. The number of halogens is 1. The Hall–Kier alpha value is -4.48. The van der Waals surface area contributed by atoms with Gasteiger partial charge in [-0.05, 0) is 74.4 Å². The topological polar surface area (TPSA) is 66.5 Å². The third kappa shape index (κ3) is 3.66. The van der Waals surface area contributed by atoms with Crippen molar-refractivity contribution in [2.45, 2.75) is 38.3 Å². The van der Waals surface area contributed by atoms with Crippen molar-refractivity contribution in [2.75, 3.05) is 10.2 Å². The van der Waals surface area contributed by atoms with Crippen molar-refractivity contribution < 1.29 is 14.4 Å². The second-order valence-corrected chi connectivity index (χ2v) is 12.1. The van der Waals surface area contributed by atoms with Gasteiger partial charge in [0.15, 0.2) is 11.6 Å². The lowest BCUT2D eigenvalue weighted by atomic mass is 9.64. The maximum Gasteiger partial charge on any atom is 0.238 e. The summed E-state index contributed by atoms with van der Waals surface area (Å²) in [4.78, 5) is 46.1. The van der Waals surface area contributed by atoms with E-state index in [4.69, 9.17) is 11.6 Å². The Kier molecular flexibility index (Phi) is 6.00. The SMILES string of the molecule is CC1=C[C@@H]2N(c3ccc(C)cc31)[C@H](C(=O)c1ccc(C)cc1)[C@H](C(=O)c1ccc(Cl)cc1)[C@@]21C(=O)Nc2ccccc21. The number of nitrogens with zero attached hydrogens (tertiary/aromatic N) is 1. The van der Waals surface area contributed by atoms with Crippen LogP contribution in [0.5, 0.6) is 0 Å². The molecular formula is C36H29ClN2O3. The molecule has 0 saturated carbocycles. The predicted molar refractivity (Wildman–Crippen MR) is 166 cm³/mol. The van der Waals surface area contributed by atoms with Crippen molar-refractivity contribution in [2.24, 2.45) is 5.92 Å². The van der Waals surface area contributed by atoms with Gasteiger partial charge in [-0.25, -0.2) is 0 Å². The van der Waals surface area contributed by atoms with E-state index in [0.717, 1.165) is 33.5 Å². The normalized spacial score (nSPS) is 23.6. The number of fused-ring (bicyclic) bond motifs is 6. The van der Waals surface area contributed by atoms with Crippen LogP contribution in [-0.4, -0.2) is 29.6 Å². The molecule has 0 aliphatic carbocycles. The fourth-order valence-electron chi connectivity index (χ4n) is 7.23. The fourth-order valence-corrected chi connectivity index (χ4v) is 7.35. The first-order valence-electron chi connectivity index (χ1n) is 14.1. The van der Waals surface area contributed by atoms with Gasteiger partial charge in [0.25, 0.3) is 0 Å². The fraction of sp³-hybridized carbons (Fsp3) is 0.194. The Balaban J connectivity index is 1.55. The molecule has 208 valence electrons. The average molecular weight is 573 g/mol. The molecule has 0 unspecified atom stereocenters. The molecule has 3 aliphatic heterocycles. The third-order valence-corrected chi connectivity index (χ3v) is 9.40. The summed E-state index contributed by atoms with van der Waals surface area (Å²) in [6.07, 6.45) is 2.08. The predicted octanol–water partition coefficient (Wildman–Crippen LogP) is 7.20. The summed E-state index contributed by atoms with van der Waals surface area (Å²) < 4.78 is 0. The maximum atomic E-state index is 14.8. The minimum absolute atomic E-state index is 0.194. The molecule has 1 fully saturated rings. The van der Waals surface area contributed by atoms with Gasteiger partial charge >= 0.3 is 0 Å². The molecule has 3 heterocycles. The summed E-state index contributed by atoms with van der Waals surface area (Å²) >= 11 is 6.20. The van der Waals surface area contributed by atoms with Crippen molar-refractivity contribution in [3.05, 3.63) is 135 Å². The van der Waals surface area contributed by atoms with E-state index >= 15 is 0 Å². The van der Waals surface area contributed by atoms with E-state index in [9.17, 15) is 14.4 Å². The van der Waals surface area contributed by atoms with Gasteiger partial charge in [-0.15, -0.1) is 0 Å². The first kappa shape index (κ1) is 26.4. The quantitative estimate of drug-likeness (QED) is 0.263. The van der Waals surface area contributed by atoms with Crippen LogP contribution in [0.3, 0.4) is 0 Å². The van der Waals surface area contributed by atoms with Crippen LogP contribution in [0.25, 0.3) is 5.57 Å². The zero-order valence-electron chi connectivity index (χ0n) is 23.5. The second kappa shape index (κ2) is 9.53. The molecule has 4 aromatic carbocycles. The highest BCUT2D eigenvalue weighted by Gasteiger charge is 2.70. The number of rotatable bonds is 4. The number of aryl methyl sites for hydroxylation is 2. The average Bonchev–Trinajstić information content (AvgIpc) is 3.45. The summed E-state index contributed by atoms with van der Waals surface area (Å²) in [5.74, 6) is -1.75. The van der Waals surface area contributed by atoms with Crippen LogP contribution in [0.15, 0.2) is 97.1 Å². The molecule has 1 amide bonds. The monoisotopic (exact) mass is 572 g/mol. The minimum Gasteiger partial charge on any atom is -0.352 e. The molecule has 3 aliphatic rings. The van der Waals surface area contributed by atoms with Crippen LogP contribution in [-0.2, 0) is 10.2 Å².